The van der Waals surface area contributed by atoms with E-state index in [2.05, 4.69) is 9.97 Å². The van der Waals surface area contributed by atoms with E-state index in [0.717, 1.165) is 12.2 Å². The normalized spacial score (nSPS) is 19.0. The van der Waals surface area contributed by atoms with Crippen molar-refractivity contribution in [1.82, 2.24) is 9.97 Å². The van der Waals surface area contributed by atoms with Gasteiger partial charge in [-0.3, -0.25) is 0 Å². The van der Waals surface area contributed by atoms with Gasteiger partial charge in [-0.15, -0.1) is 0 Å². The molecule has 1 atom stereocenters. The summed E-state index contributed by atoms with van der Waals surface area (Å²) < 4.78 is 0. The lowest BCUT2D eigenvalue weighted by Gasteiger charge is -2.24. The zero-order valence-corrected chi connectivity index (χ0v) is 8.61. The molecule has 1 aliphatic rings. The van der Waals surface area contributed by atoms with Crippen LogP contribution in [0.15, 0.2) is 12.3 Å². The predicted octanol–water partition coefficient (Wildman–Crippen LogP) is 1.63. The number of aromatic nitrogens is 2. The SMILES string of the molecule is CC(N)Cc1nccc(C2CCC2)n1. The van der Waals surface area contributed by atoms with Gasteiger partial charge in [-0.2, -0.15) is 0 Å². The van der Waals surface area contributed by atoms with Gasteiger partial charge in [-0.05, 0) is 25.8 Å². The Kier molecular flexibility index (Phi) is 2.77. The molecule has 1 unspecified atom stereocenters. The second-order valence-electron chi connectivity index (χ2n) is 4.21. The first-order valence-electron chi connectivity index (χ1n) is 5.33. The first-order valence-corrected chi connectivity index (χ1v) is 5.33. The minimum Gasteiger partial charge on any atom is -0.328 e. The van der Waals surface area contributed by atoms with E-state index in [9.17, 15) is 0 Å². The summed E-state index contributed by atoms with van der Waals surface area (Å²) in [7, 11) is 0. The van der Waals surface area contributed by atoms with E-state index in [0.29, 0.717) is 5.92 Å². The fourth-order valence-corrected chi connectivity index (χ4v) is 1.73. The van der Waals surface area contributed by atoms with Gasteiger partial charge in [-0.25, -0.2) is 9.97 Å². The van der Waals surface area contributed by atoms with E-state index < -0.39 is 0 Å². The van der Waals surface area contributed by atoms with Crippen molar-refractivity contribution in [3.8, 4) is 0 Å². The van der Waals surface area contributed by atoms with Gasteiger partial charge in [0.05, 0.1) is 0 Å². The minimum atomic E-state index is 0.145. The van der Waals surface area contributed by atoms with Crippen molar-refractivity contribution < 1.29 is 0 Å². The van der Waals surface area contributed by atoms with Crippen LogP contribution in [0, 0.1) is 0 Å². The van der Waals surface area contributed by atoms with Crippen molar-refractivity contribution in [2.24, 2.45) is 5.73 Å². The highest BCUT2D eigenvalue weighted by atomic mass is 14.9. The molecule has 1 heterocycles. The van der Waals surface area contributed by atoms with Crippen LogP contribution in [0.5, 0.6) is 0 Å². The predicted molar refractivity (Wildman–Crippen MR) is 56.0 cm³/mol. The van der Waals surface area contributed by atoms with E-state index in [4.69, 9.17) is 5.73 Å². The average molecular weight is 191 g/mol. The Balaban J connectivity index is 2.09. The Hall–Kier alpha value is -0.960. The zero-order chi connectivity index (χ0) is 9.97. The highest BCUT2D eigenvalue weighted by molar-refractivity contribution is 5.11. The van der Waals surface area contributed by atoms with E-state index in [1.165, 1.54) is 25.0 Å². The quantitative estimate of drug-likeness (QED) is 0.790. The van der Waals surface area contributed by atoms with Gasteiger partial charge in [0.1, 0.15) is 5.82 Å². The number of hydrogen-bond donors (Lipinski definition) is 1. The highest BCUT2D eigenvalue weighted by Crippen LogP contribution is 2.34. The summed E-state index contributed by atoms with van der Waals surface area (Å²) in [5.41, 5.74) is 6.93. The van der Waals surface area contributed by atoms with Gasteiger partial charge in [0, 0.05) is 30.3 Å². The molecule has 3 heteroatoms. The van der Waals surface area contributed by atoms with Gasteiger partial charge in [-0.1, -0.05) is 6.42 Å². The molecule has 1 aliphatic carbocycles. The van der Waals surface area contributed by atoms with Crippen LogP contribution in [0.3, 0.4) is 0 Å². The first-order chi connectivity index (χ1) is 6.75. The van der Waals surface area contributed by atoms with E-state index in [1.54, 1.807) is 0 Å². The third-order valence-corrected chi connectivity index (χ3v) is 2.76. The standard InChI is InChI=1S/C11H17N3/c1-8(12)7-11-13-6-5-10(14-11)9-3-2-4-9/h5-6,8-9H,2-4,7,12H2,1H3. The molecule has 0 radical (unpaired) electrons. The maximum Gasteiger partial charge on any atom is 0.130 e. The van der Waals surface area contributed by atoms with Crippen LogP contribution in [0.25, 0.3) is 0 Å². The molecule has 2 rings (SSSR count). The van der Waals surface area contributed by atoms with Crippen LogP contribution in [0.1, 0.15) is 43.6 Å². The van der Waals surface area contributed by atoms with Crippen molar-refractivity contribution in [3.63, 3.8) is 0 Å². The van der Waals surface area contributed by atoms with Crippen LogP contribution >= 0.6 is 0 Å². The summed E-state index contributed by atoms with van der Waals surface area (Å²) in [4.78, 5) is 8.77. The number of rotatable bonds is 3. The second kappa shape index (κ2) is 4.05. The number of nitrogens with zero attached hydrogens (tertiary/aromatic N) is 2. The fraction of sp³-hybridized carbons (Fsp3) is 0.636. The minimum absolute atomic E-state index is 0.145. The Morgan fingerprint density at radius 1 is 1.57 bits per heavy atom. The van der Waals surface area contributed by atoms with Gasteiger partial charge in [0.2, 0.25) is 0 Å². The molecule has 76 valence electrons. The lowest BCUT2D eigenvalue weighted by Crippen LogP contribution is -2.20. The van der Waals surface area contributed by atoms with Gasteiger partial charge >= 0.3 is 0 Å². The average Bonchev–Trinajstić information content (AvgIpc) is 1.99. The fourth-order valence-electron chi connectivity index (χ4n) is 1.73. The molecule has 3 nitrogen and oxygen atoms in total. The third-order valence-electron chi connectivity index (χ3n) is 2.76. The van der Waals surface area contributed by atoms with Crippen LogP contribution in [0.2, 0.25) is 0 Å². The third kappa shape index (κ3) is 2.10. The smallest absolute Gasteiger partial charge is 0.130 e. The van der Waals surface area contributed by atoms with Gasteiger partial charge < -0.3 is 5.73 Å². The molecule has 0 saturated heterocycles. The topological polar surface area (TPSA) is 51.8 Å². The summed E-state index contributed by atoms with van der Waals surface area (Å²) >= 11 is 0. The summed E-state index contributed by atoms with van der Waals surface area (Å²) in [5.74, 6) is 1.58. The molecule has 1 fully saturated rings. The van der Waals surface area contributed by atoms with Crippen LogP contribution in [0.4, 0.5) is 0 Å². The Morgan fingerprint density at radius 2 is 2.36 bits per heavy atom. The maximum atomic E-state index is 5.72. The molecule has 0 aromatic carbocycles. The lowest BCUT2D eigenvalue weighted by molar-refractivity contribution is 0.409. The lowest BCUT2D eigenvalue weighted by atomic mass is 9.83. The molecule has 2 N–H and O–H groups in total. The molecule has 1 saturated carbocycles. The van der Waals surface area contributed by atoms with Gasteiger partial charge in [0.15, 0.2) is 0 Å². The summed E-state index contributed by atoms with van der Waals surface area (Å²) in [6, 6.07) is 2.18. The molecule has 0 aliphatic heterocycles. The zero-order valence-electron chi connectivity index (χ0n) is 8.61. The van der Waals surface area contributed by atoms with Crippen molar-refractivity contribution >= 4 is 0 Å². The van der Waals surface area contributed by atoms with Crippen LogP contribution in [-0.2, 0) is 6.42 Å². The Bertz CT molecular complexity index is 305. The molecule has 14 heavy (non-hydrogen) atoms. The van der Waals surface area contributed by atoms with E-state index in [1.807, 2.05) is 19.2 Å². The summed E-state index contributed by atoms with van der Waals surface area (Å²) in [5, 5.41) is 0. The molecule has 0 amide bonds. The van der Waals surface area contributed by atoms with Crippen LogP contribution in [-0.4, -0.2) is 16.0 Å². The summed E-state index contributed by atoms with van der Waals surface area (Å²) in [6.07, 6.45) is 6.56. The number of nitrogens with two attached hydrogens (primary N) is 1. The Labute approximate surface area is 84.8 Å². The van der Waals surface area contributed by atoms with E-state index >= 15 is 0 Å². The van der Waals surface area contributed by atoms with Crippen molar-refractivity contribution in [1.29, 1.82) is 0 Å². The molecular weight excluding hydrogens is 174 g/mol. The van der Waals surface area contributed by atoms with Crippen molar-refractivity contribution in [2.45, 2.75) is 44.6 Å². The maximum absolute atomic E-state index is 5.72. The largest absolute Gasteiger partial charge is 0.328 e. The van der Waals surface area contributed by atoms with Crippen molar-refractivity contribution in [2.75, 3.05) is 0 Å². The number of hydrogen-bond acceptors (Lipinski definition) is 3. The second-order valence-corrected chi connectivity index (χ2v) is 4.21. The van der Waals surface area contributed by atoms with Crippen molar-refractivity contribution in [3.05, 3.63) is 23.8 Å². The van der Waals surface area contributed by atoms with E-state index in [-0.39, 0.29) is 6.04 Å². The Morgan fingerprint density at radius 3 is 2.93 bits per heavy atom. The molecular formula is C11H17N3. The monoisotopic (exact) mass is 191 g/mol. The molecule has 0 bridgehead atoms. The molecule has 0 spiro atoms. The molecule has 1 aromatic rings. The highest BCUT2D eigenvalue weighted by Gasteiger charge is 2.20. The first kappa shape index (κ1) is 9.59. The molecule has 1 aromatic heterocycles. The van der Waals surface area contributed by atoms with Crippen LogP contribution < -0.4 is 5.73 Å². The summed E-state index contributed by atoms with van der Waals surface area (Å²) in [6.45, 7) is 1.99. The van der Waals surface area contributed by atoms with Gasteiger partial charge in [0.25, 0.3) is 0 Å².